The van der Waals surface area contributed by atoms with Crippen LogP contribution in [0.4, 0.5) is 0 Å². The van der Waals surface area contributed by atoms with E-state index < -0.39 is 12.0 Å². The van der Waals surface area contributed by atoms with Crippen LogP contribution in [0.2, 0.25) is 0 Å². The van der Waals surface area contributed by atoms with E-state index in [0.717, 1.165) is 0 Å². The standard InChI is InChI=1S/C6H9NO2/c1-2-3-4-5(7)6(8)9/h2-5H,1,7H2,(H,8,9)/b4-3-/t5-/m1/s1. The molecule has 0 aromatic carbocycles. The van der Waals surface area contributed by atoms with Gasteiger partial charge in [-0.2, -0.15) is 0 Å². The molecule has 3 nitrogen and oxygen atoms in total. The molecule has 50 valence electrons. The van der Waals surface area contributed by atoms with Crippen molar-refractivity contribution in [3.63, 3.8) is 0 Å². The first-order chi connectivity index (χ1) is 4.18. The second-order valence-corrected chi connectivity index (χ2v) is 1.48. The smallest absolute Gasteiger partial charge is 0.324 e. The number of carboxylic acid groups (broad SMARTS) is 1. The van der Waals surface area contributed by atoms with Crippen LogP contribution in [0.5, 0.6) is 0 Å². The van der Waals surface area contributed by atoms with Crippen molar-refractivity contribution < 1.29 is 9.90 Å². The van der Waals surface area contributed by atoms with Crippen molar-refractivity contribution in [1.29, 1.82) is 0 Å². The molecule has 0 saturated carbocycles. The molecule has 0 radical (unpaired) electrons. The first-order valence-electron chi connectivity index (χ1n) is 2.46. The Balaban J connectivity index is 3.75. The van der Waals surface area contributed by atoms with Crippen LogP contribution in [0.1, 0.15) is 0 Å². The minimum atomic E-state index is -1.03. The molecule has 0 aromatic rings. The molecule has 0 aliphatic carbocycles. The largest absolute Gasteiger partial charge is 0.480 e. The van der Waals surface area contributed by atoms with Crippen LogP contribution in [-0.4, -0.2) is 17.1 Å². The van der Waals surface area contributed by atoms with E-state index in [0.29, 0.717) is 0 Å². The average Bonchev–Trinajstić information content (AvgIpc) is 1.82. The summed E-state index contributed by atoms with van der Waals surface area (Å²) in [5.41, 5.74) is 5.07. The number of hydrogen-bond acceptors (Lipinski definition) is 2. The Morgan fingerprint density at radius 2 is 2.33 bits per heavy atom. The molecule has 0 rings (SSSR count). The molecule has 0 unspecified atom stereocenters. The van der Waals surface area contributed by atoms with Gasteiger partial charge in [-0.3, -0.25) is 4.79 Å². The molecule has 3 heteroatoms. The van der Waals surface area contributed by atoms with Crippen molar-refractivity contribution in [1.82, 2.24) is 0 Å². The van der Waals surface area contributed by atoms with Gasteiger partial charge in [0.05, 0.1) is 0 Å². The van der Waals surface area contributed by atoms with Crippen LogP contribution in [0.3, 0.4) is 0 Å². The number of carboxylic acids is 1. The Morgan fingerprint density at radius 1 is 1.78 bits per heavy atom. The Hall–Kier alpha value is -1.09. The van der Waals surface area contributed by atoms with Gasteiger partial charge in [0.25, 0.3) is 0 Å². The minimum absolute atomic E-state index is 0.914. The lowest BCUT2D eigenvalue weighted by Gasteiger charge is -1.94. The summed E-state index contributed by atoms with van der Waals surface area (Å²) in [5.74, 6) is -1.03. The van der Waals surface area contributed by atoms with Crippen molar-refractivity contribution in [2.45, 2.75) is 6.04 Å². The Bertz CT molecular complexity index is 140. The monoisotopic (exact) mass is 127 g/mol. The second-order valence-electron chi connectivity index (χ2n) is 1.48. The Kier molecular flexibility index (Phi) is 3.39. The summed E-state index contributed by atoms with van der Waals surface area (Å²) in [5, 5.41) is 8.20. The van der Waals surface area contributed by atoms with Gasteiger partial charge in [-0.15, -0.1) is 0 Å². The van der Waals surface area contributed by atoms with Crippen LogP contribution in [0.25, 0.3) is 0 Å². The highest BCUT2D eigenvalue weighted by Gasteiger charge is 2.03. The fourth-order valence-corrected chi connectivity index (χ4v) is 0.281. The van der Waals surface area contributed by atoms with Crippen molar-refractivity contribution in [2.24, 2.45) is 5.73 Å². The molecule has 0 fully saturated rings. The van der Waals surface area contributed by atoms with E-state index in [4.69, 9.17) is 10.8 Å². The maximum absolute atomic E-state index is 9.99. The normalized spacial score (nSPS) is 13.4. The van der Waals surface area contributed by atoms with Gasteiger partial charge >= 0.3 is 5.97 Å². The van der Waals surface area contributed by atoms with Gasteiger partial charge in [-0.1, -0.05) is 24.8 Å². The molecule has 0 aliphatic heterocycles. The van der Waals surface area contributed by atoms with Gasteiger partial charge in [0.1, 0.15) is 6.04 Å². The molecule has 0 bridgehead atoms. The molecule has 9 heavy (non-hydrogen) atoms. The fourth-order valence-electron chi connectivity index (χ4n) is 0.281. The van der Waals surface area contributed by atoms with E-state index in [1.807, 2.05) is 0 Å². The molecule has 1 atom stereocenters. The fraction of sp³-hybridized carbons (Fsp3) is 0.167. The molecule has 3 N–H and O–H groups in total. The highest BCUT2D eigenvalue weighted by molar-refractivity contribution is 5.75. The van der Waals surface area contributed by atoms with E-state index in [9.17, 15) is 4.79 Å². The zero-order valence-corrected chi connectivity index (χ0v) is 4.95. The molecule has 0 saturated heterocycles. The van der Waals surface area contributed by atoms with E-state index in [1.165, 1.54) is 18.2 Å². The third-order valence-electron chi connectivity index (χ3n) is 0.740. The summed E-state index contributed by atoms with van der Waals surface area (Å²) < 4.78 is 0. The lowest BCUT2D eigenvalue weighted by Crippen LogP contribution is -2.27. The summed E-state index contributed by atoms with van der Waals surface area (Å²) in [6.45, 7) is 3.36. The SMILES string of the molecule is C=C/C=C\[C@@H](N)C(=O)O. The van der Waals surface area contributed by atoms with Crippen LogP contribution < -0.4 is 5.73 Å². The molecular formula is C6H9NO2. The molecule has 0 aromatic heterocycles. The summed E-state index contributed by atoms with van der Waals surface area (Å²) in [6, 6.07) is -0.914. The highest BCUT2D eigenvalue weighted by Crippen LogP contribution is 1.81. The van der Waals surface area contributed by atoms with Crippen molar-refractivity contribution in [3.05, 3.63) is 24.8 Å². The second kappa shape index (κ2) is 3.86. The van der Waals surface area contributed by atoms with Crippen molar-refractivity contribution in [3.8, 4) is 0 Å². The van der Waals surface area contributed by atoms with Crippen molar-refractivity contribution >= 4 is 5.97 Å². The highest BCUT2D eigenvalue weighted by atomic mass is 16.4. The number of allylic oxidation sites excluding steroid dienone is 2. The lowest BCUT2D eigenvalue weighted by atomic mass is 10.3. The summed E-state index contributed by atoms with van der Waals surface area (Å²) in [7, 11) is 0. The zero-order valence-electron chi connectivity index (χ0n) is 4.95. The number of hydrogen-bond donors (Lipinski definition) is 2. The van der Waals surface area contributed by atoms with E-state index >= 15 is 0 Å². The van der Waals surface area contributed by atoms with Crippen molar-refractivity contribution in [2.75, 3.05) is 0 Å². The quantitative estimate of drug-likeness (QED) is 0.530. The van der Waals surface area contributed by atoms with Gasteiger partial charge in [0.2, 0.25) is 0 Å². The lowest BCUT2D eigenvalue weighted by molar-refractivity contribution is -0.137. The third kappa shape index (κ3) is 3.49. The van der Waals surface area contributed by atoms with E-state index in [1.54, 1.807) is 0 Å². The summed E-state index contributed by atoms with van der Waals surface area (Å²) >= 11 is 0. The molecule has 0 spiro atoms. The number of rotatable bonds is 3. The van der Waals surface area contributed by atoms with Crippen LogP contribution in [0, 0.1) is 0 Å². The zero-order chi connectivity index (χ0) is 7.28. The van der Waals surface area contributed by atoms with Crippen LogP contribution in [0.15, 0.2) is 24.8 Å². The summed E-state index contributed by atoms with van der Waals surface area (Å²) in [4.78, 5) is 9.99. The predicted octanol–water partition coefficient (Wildman–Crippen LogP) is 0.140. The molecule has 0 aliphatic rings. The maximum Gasteiger partial charge on any atom is 0.324 e. The topological polar surface area (TPSA) is 63.3 Å². The summed E-state index contributed by atoms with van der Waals surface area (Å²) in [6.07, 6.45) is 4.33. The molecule has 0 heterocycles. The third-order valence-corrected chi connectivity index (χ3v) is 0.740. The number of nitrogens with two attached hydrogens (primary N) is 1. The van der Waals surface area contributed by atoms with Gasteiger partial charge < -0.3 is 10.8 Å². The average molecular weight is 127 g/mol. The molecular weight excluding hydrogens is 118 g/mol. The van der Waals surface area contributed by atoms with Gasteiger partial charge in [0.15, 0.2) is 0 Å². The first kappa shape index (κ1) is 7.91. The van der Waals surface area contributed by atoms with E-state index in [-0.39, 0.29) is 0 Å². The maximum atomic E-state index is 9.99. The molecule has 0 amide bonds. The van der Waals surface area contributed by atoms with E-state index in [2.05, 4.69) is 6.58 Å². The first-order valence-corrected chi connectivity index (χ1v) is 2.46. The number of aliphatic carboxylic acids is 1. The predicted molar refractivity (Wildman–Crippen MR) is 34.9 cm³/mol. The van der Waals surface area contributed by atoms with Crippen LogP contribution >= 0.6 is 0 Å². The Morgan fingerprint density at radius 3 is 2.67 bits per heavy atom. The van der Waals surface area contributed by atoms with Gasteiger partial charge in [-0.25, -0.2) is 0 Å². The van der Waals surface area contributed by atoms with Gasteiger partial charge in [0, 0.05) is 0 Å². The Labute approximate surface area is 53.5 Å². The van der Waals surface area contributed by atoms with Gasteiger partial charge in [-0.05, 0) is 0 Å². The minimum Gasteiger partial charge on any atom is -0.480 e. The van der Waals surface area contributed by atoms with Crippen LogP contribution in [-0.2, 0) is 4.79 Å². The number of carbonyl (C=O) groups is 1.